The van der Waals surface area contributed by atoms with Gasteiger partial charge in [0.1, 0.15) is 16.8 Å². The van der Waals surface area contributed by atoms with E-state index in [0.29, 0.717) is 22.4 Å². The van der Waals surface area contributed by atoms with Gasteiger partial charge in [0.25, 0.3) is 0 Å². The molecule has 0 atom stereocenters. The Bertz CT molecular complexity index is 2930. The number of pyridine rings is 1. The SMILES string of the molecule is c1ccc(-n2c3ccccc3c3cc(-c4cncc5c4oc4c(-c6ccc7c(c6)c6ccccc6n7-c6ccccc6)nnnc45)ccc32)cc1. The Morgan fingerprint density at radius 2 is 0.980 bits per heavy atom. The Labute approximate surface area is 290 Å². The molecule has 7 heteroatoms. The molecule has 0 fully saturated rings. The maximum Gasteiger partial charge on any atom is 0.184 e. The van der Waals surface area contributed by atoms with E-state index in [4.69, 9.17) is 4.42 Å². The second-order valence-corrected chi connectivity index (χ2v) is 12.8. The third-order valence-corrected chi connectivity index (χ3v) is 10.0. The monoisotopic (exact) mass is 654 g/mol. The molecule has 0 aliphatic rings. The Hall–Kier alpha value is -7.12. The fourth-order valence-electron chi connectivity index (χ4n) is 7.78. The van der Waals surface area contributed by atoms with Crippen LogP contribution in [-0.2, 0) is 0 Å². The molecule has 0 N–H and O–H groups in total. The molecule has 238 valence electrons. The van der Waals surface area contributed by atoms with Crippen molar-refractivity contribution in [3.8, 4) is 33.8 Å². The van der Waals surface area contributed by atoms with Crippen molar-refractivity contribution in [2.24, 2.45) is 0 Å². The van der Waals surface area contributed by atoms with E-state index in [2.05, 4.69) is 163 Å². The molecule has 0 spiro atoms. The number of benzene rings is 6. The Morgan fingerprint density at radius 3 is 1.63 bits per heavy atom. The molecule has 0 saturated carbocycles. The maximum atomic E-state index is 6.76. The van der Waals surface area contributed by atoms with E-state index >= 15 is 0 Å². The number of rotatable bonds is 4. The summed E-state index contributed by atoms with van der Waals surface area (Å²) in [5, 5.41) is 18.7. The number of aromatic nitrogens is 6. The second kappa shape index (κ2) is 10.7. The molecule has 7 nitrogen and oxygen atoms in total. The predicted molar refractivity (Wildman–Crippen MR) is 204 cm³/mol. The van der Waals surface area contributed by atoms with Crippen LogP contribution in [-0.4, -0.2) is 29.5 Å². The van der Waals surface area contributed by atoms with Gasteiger partial charge in [-0.05, 0) is 71.4 Å². The summed E-state index contributed by atoms with van der Waals surface area (Å²) in [5.74, 6) is 0. The van der Waals surface area contributed by atoms with Crippen molar-refractivity contribution in [2.75, 3.05) is 0 Å². The topological polar surface area (TPSA) is 74.6 Å². The lowest BCUT2D eigenvalue weighted by atomic mass is 10.0. The van der Waals surface area contributed by atoms with Crippen LogP contribution in [0.4, 0.5) is 0 Å². The third kappa shape index (κ3) is 4.06. The molecular formula is C44H26N6O. The van der Waals surface area contributed by atoms with Gasteiger partial charge in [-0.25, -0.2) is 0 Å². The van der Waals surface area contributed by atoms with E-state index in [1.807, 2.05) is 18.3 Å². The fourth-order valence-corrected chi connectivity index (χ4v) is 7.78. The summed E-state index contributed by atoms with van der Waals surface area (Å²) in [6.45, 7) is 0. The van der Waals surface area contributed by atoms with Crippen molar-refractivity contribution in [2.45, 2.75) is 0 Å². The van der Waals surface area contributed by atoms with Crippen molar-refractivity contribution < 1.29 is 4.42 Å². The third-order valence-electron chi connectivity index (χ3n) is 10.0. The van der Waals surface area contributed by atoms with Crippen molar-refractivity contribution in [1.82, 2.24) is 29.5 Å². The van der Waals surface area contributed by atoms with Gasteiger partial charge in [-0.15, -0.1) is 10.2 Å². The number of para-hydroxylation sites is 4. The zero-order chi connectivity index (χ0) is 33.5. The lowest BCUT2D eigenvalue weighted by Crippen LogP contribution is -1.94. The molecule has 0 bridgehead atoms. The van der Waals surface area contributed by atoms with Crippen LogP contribution in [0.15, 0.2) is 162 Å². The standard InChI is InChI=1S/C44H26N6O/c1-3-11-29(12-4-1)49-37-17-9-7-15-31(37)33-23-27(19-21-39(33)49)35-25-45-26-36-42-44(51-43(35)36)41(46-48-47-42)28-20-22-40-34(24-28)32-16-8-10-18-38(32)50(40)30-13-5-2-6-14-30/h1-26H. The van der Waals surface area contributed by atoms with E-state index < -0.39 is 0 Å². The lowest BCUT2D eigenvalue weighted by Gasteiger charge is -2.08. The van der Waals surface area contributed by atoms with E-state index in [1.54, 1.807) is 6.20 Å². The number of furan rings is 1. The Kier molecular flexibility index (Phi) is 5.83. The van der Waals surface area contributed by atoms with Gasteiger partial charge in [0.15, 0.2) is 5.58 Å². The number of nitrogens with zero attached hydrogens (tertiary/aromatic N) is 6. The summed E-state index contributed by atoms with van der Waals surface area (Å²) in [6.07, 6.45) is 3.67. The average molecular weight is 655 g/mol. The first-order valence-corrected chi connectivity index (χ1v) is 16.9. The van der Waals surface area contributed by atoms with E-state index in [1.165, 1.54) is 5.39 Å². The summed E-state index contributed by atoms with van der Waals surface area (Å²) in [4.78, 5) is 4.66. The highest BCUT2D eigenvalue weighted by molar-refractivity contribution is 6.14. The minimum atomic E-state index is 0.585. The van der Waals surface area contributed by atoms with Gasteiger partial charge >= 0.3 is 0 Å². The molecule has 0 radical (unpaired) electrons. The van der Waals surface area contributed by atoms with Crippen LogP contribution in [0.3, 0.4) is 0 Å². The van der Waals surface area contributed by atoms with Crippen LogP contribution >= 0.6 is 0 Å². The van der Waals surface area contributed by atoms with Crippen LogP contribution in [0.25, 0.3) is 99.4 Å². The molecule has 0 aliphatic heterocycles. The number of hydrogen-bond acceptors (Lipinski definition) is 5. The molecule has 51 heavy (non-hydrogen) atoms. The first-order valence-electron chi connectivity index (χ1n) is 16.9. The zero-order valence-corrected chi connectivity index (χ0v) is 27.1. The Balaban J connectivity index is 1.10. The minimum Gasteiger partial charge on any atom is -0.451 e. The predicted octanol–water partition coefficient (Wildman–Crippen LogP) is 10.7. The number of hydrogen-bond donors (Lipinski definition) is 0. The zero-order valence-electron chi connectivity index (χ0n) is 27.1. The van der Waals surface area contributed by atoms with Crippen LogP contribution in [0, 0.1) is 0 Å². The molecule has 5 heterocycles. The van der Waals surface area contributed by atoms with Crippen LogP contribution < -0.4 is 0 Å². The molecule has 6 aromatic carbocycles. The Morgan fingerprint density at radius 1 is 0.431 bits per heavy atom. The van der Waals surface area contributed by atoms with Crippen molar-refractivity contribution in [3.63, 3.8) is 0 Å². The highest BCUT2D eigenvalue weighted by Crippen LogP contribution is 2.41. The van der Waals surface area contributed by atoms with E-state index in [-0.39, 0.29) is 0 Å². The van der Waals surface area contributed by atoms with Crippen LogP contribution in [0.1, 0.15) is 0 Å². The first kappa shape index (κ1) is 27.8. The molecule has 0 aliphatic carbocycles. The normalized spacial score (nSPS) is 11.9. The lowest BCUT2D eigenvalue weighted by molar-refractivity contribution is 0.664. The van der Waals surface area contributed by atoms with Gasteiger partial charge in [-0.3, -0.25) is 4.98 Å². The van der Waals surface area contributed by atoms with Crippen LogP contribution in [0.5, 0.6) is 0 Å². The van der Waals surface area contributed by atoms with E-state index in [9.17, 15) is 0 Å². The van der Waals surface area contributed by atoms with E-state index in [0.717, 1.165) is 71.7 Å². The molecule has 11 rings (SSSR count). The van der Waals surface area contributed by atoms with Crippen molar-refractivity contribution >= 4 is 65.7 Å². The summed E-state index contributed by atoms with van der Waals surface area (Å²) in [6, 6.07) is 51.0. The highest BCUT2D eigenvalue weighted by atomic mass is 16.3. The molecule has 0 amide bonds. The van der Waals surface area contributed by atoms with Gasteiger partial charge in [0, 0.05) is 56.4 Å². The molecule has 0 unspecified atom stereocenters. The van der Waals surface area contributed by atoms with Gasteiger partial charge in [0.05, 0.1) is 27.5 Å². The molecule has 5 aromatic heterocycles. The summed E-state index contributed by atoms with van der Waals surface area (Å²) in [7, 11) is 0. The smallest absolute Gasteiger partial charge is 0.184 e. The fraction of sp³-hybridized carbons (Fsp3) is 0. The summed E-state index contributed by atoms with van der Waals surface area (Å²) >= 11 is 0. The summed E-state index contributed by atoms with van der Waals surface area (Å²) < 4.78 is 11.4. The number of fused-ring (bicyclic) bond motifs is 9. The molecule has 0 saturated heterocycles. The van der Waals surface area contributed by atoms with Gasteiger partial charge in [0.2, 0.25) is 0 Å². The van der Waals surface area contributed by atoms with Gasteiger partial charge < -0.3 is 13.6 Å². The van der Waals surface area contributed by atoms with Crippen LogP contribution in [0.2, 0.25) is 0 Å². The van der Waals surface area contributed by atoms with Gasteiger partial charge in [-0.2, -0.15) is 0 Å². The molecular weight excluding hydrogens is 629 g/mol. The van der Waals surface area contributed by atoms with Crippen molar-refractivity contribution in [1.29, 1.82) is 0 Å². The minimum absolute atomic E-state index is 0.585. The maximum absolute atomic E-state index is 6.76. The summed E-state index contributed by atoms with van der Waals surface area (Å²) in [5.41, 5.74) is 12.2. The quantitative estimate of drug-likeness (QED) is 0.189. The van der Waals surface area contributed by atoms with Gasteiger partial charge in [-0.1, -0.05) is 84.9 Å². The molecule has 11 aromatic rings. The van der Waals surface area contributed by atoms with Crippen molar-refractivity contribution in [3.05, 3.63) is 158 Å². The second-order valence-electron chi connectivity index (χ2n) is 12.8. The largest absolute Gasteiger partial charge is 0.451 e. The first-order chi connectivity index (χ1) is 25.3. The highest BCUT2D eigenvalue weighted by Gasteiger charge is 2.21. The average Bonchev–Trinajstić information content (AvgIpc) is 3.86.